The van der Waals surface area contributed by atoms with E-state index in [2.05, 4.69) is 16.8 Å². The van der Waals surface area contributed by atoms with Crippen LogP contribution in [0.15, 0.2) is 36.0 Å². The summed E-state index contributed by atoms with van der Waals surface area (Å²) >= 11 is 0. The van der Waals surface area contributed by atoms with Crippen LogP contribution in [0.3, 0.4) is 0 Å². The van der Waals surface area contributed by atoms with Crippen LogP contribution in [0.4, 0.5) is 5.69 Å². The van der Waals surface area contributed by atoms with Crippen LogP contribution in [0.5, 0.6) is 0 Å². The Labute approximate surface area is 135 Å². The lowest BCUT2D eigenvalue weighted by Gasteiger charge is -2.43. The molecule has 0 spiro atoms. The van der Waals surface area contributed by atoms with Crippen molar-refractivity contribution in [2.24, 2.45) is 0 Å². The molecule has 122 valence electrons. The third-order valence-corrected chi connectivity index (χ3v) is 5.80. The van der Waals surface area contributed by atoms with Gasteiger partial charge < -0.3 is 20.0 Å². The molecule has 4 rings (SSSR count). The van der Waals surface area contributed by atoms with Gasteiger partial charge in [0.1, 0.15) is 6.10 Å². The lowest BCUT2D eigenvalue weighted by atomic mass is 9.91. The molecule has 1 aromatic carbocycles. The minimum absolute atomic E-state index is 0.0648. The van der Waals surface area contributed by atoms with Crippen molar-refractivity contribution in [3.8, 4) is 0 Å². The second kappa shape index (κ2) is 5.35. The van der Waals surface area contributed by atoms with E-state index < -0.39 is 12.1 Å². The summed E-state index contributed by atoms with van der Waals surface area (Å²) < 4.78 is 0. The fraction of sp³-hybridized carbons (Fsp3) is 0.500. The van der Waals surface area contributed by atoms with Crippen molar-refractivity contribution in [2.75, 3.05) is 11.9 Å². The molecule has 3 aliphatic heterocycles. The zero-order chi connectivity index (χ0) is 16.1. The van der Waals surface area contributed by atoms with E-state index in [1.165, 1.54) is 12.8 Å². The van der Waals surface area contributed by atoms with E-state index in [4.69, 9.17) is 0 Å². The standard InChI is InChI=1S/C18H22N2O3/c1-19-11-6-7-12(19)9-13(8-11)20-10-15(18(22)23)17(21)14-4-2-3-5-16(14)20/h2-5,10-13,17,21H,6-9H2,1H3,(H,22,23). The predicted octanol–water partition coefficient (Wildman–Crippen LogP) is 2.13. The molecular formula is C18H22N2O3. The fourth-order valence-electron chi connectivity index (χ4n) is 4.50. The van der Waals surface area contributed by atoms with Crippen molar-refractivity contribution >= 4 is 11.7 Å². The fourth-order valence-corrected chi connectivity index (χ4v) is 4.50. The van der Waals surface area contributed by atoms with Gasteiger partial charge in [0.05, 0.1) is 5.57 Å². The normalized spacial score (nSPS) is 33.3. The SMILES string of the molecule is CN1C2CCC1CC(N1C=C(C(=O)O)C(O)c3ccccc31)C2. The van der Waals surface area contributed by atoms with Gasteiger partial charge in [-0.25, -0.2) is 4.79 Å². The van der Waals surface area contributed by atoms with Crippen LogP contribution in [-0.2, 0) is 4.79 Å². The summed E-state index contributed by atoms with van der Waals surface area (Å²) in [5, 5.41) is 19.8. The van der Waals surface area contributed by atoms with Gasteiger partial charge in [0, 0.05) is 35.6 Å². The van der Waals surface area contributed by atoms with E-state index in [0.717, 1.165) is 18.5 Å². The maximum absolute atomic E-state index is 11.5. The number of aliphatic hydroxyl groups excluding tert-OH is 1. The van der Waals surface area contributed by atoms with Gasteiger partial charge in [0.2, 0.25) is 0 Å². The van der Waals surface area contributed by atoms with Gasteiger partial charge in [-0.2, -0.15) is 0 Å². The molecule has 0 radical (unpaired) electrons. The molecule has 3 atom stereocenters. The highest BCUT2D eigenvalue weighted by molar-refractivity contribution is 5.90. The van der Waals surface area contributed by atoms with E-state index in [-0.39, 0.29) is 5.57 Å². The molecule has 3 aliphatic rings. The number of hydrogen-bond acceptors (Lipinski definition) is 4. The van der Waals surface area contributed by atoms with E-state index in [0.29, 0.717) is 23.7 Å². The topological polar surface area (TPSA) is 64.0 Å². The Morgan fingerprint density at radius 2 is 1.78 bits per heavy atom. The number of benzene rings is 1. The largest absolute Gasteiger partial charge is 0.478 e. The lowest BCUT2D eigenvalue weighted by molar-refractivity contribution is -0.133. The number of aliphatic hydroxyl groups is 1. The summed E-state index contributed by atoms with van der Waals surface area (Å²) in [6.45, 7) is 0. The molecule has 0 aliphatic carbocycles. The molecule has 5 heteroatoms. The van der Waals surface area contributed by atoms with Crippen molar-refractivity contribution in [2.45, 2.75) is 49.9 Å². The quantitative estimate of drug-likeness (QED) is 0.875. The maximum Gasteiger partial charge on any atom is 0.336 e. The van der Waals surface area contributed by atoms with Gasteiger partial charge in [-0.3, -0.25) is 0 Å². The molecule has 3 unspecified atom stereocenters. The maximum atomic E-state index is 11.5. The third-order valence-electron chi connectivity index (χ3n) is 5.80. The second-order valence-corrected chi connectivity index (χ2v) is 6.93. The van der Waals surface area contributed by atoms with Gasteiger partial charge in [0.15, 0.2) is 0 Å². The molecule has 1 aromatic rings. The first-order chi connectivity index (χ1) is 11.1. The van der Waals surface area contributed by atoms with Gasteiger partial charge >= 0.3 is 5.97 Å². The number of carboxylic acid groups (broad SMARTS) is 1. The monoisotopic (exact) mass is 314 g/mol. The third kappa shape index (κ3) is 2.26. The average Bonchev–Trinajstić information content (AvgIpc) is 2.75. The minimum Gasteiger partial charge on any atom is -0.478 e. The first-order valence-corrected chi connectivity index (χ1v) is 8.28. The zero-order valence-corrected chi connectivity index (χ0v) is 13.2. The van der Waals surface area contributed by atoms with Crippen LogP contribution < -0.4 is 4.90 Å². The van der Waals surface area contributed by atoms with E-state index in [9.17, 15) is 15.0 Å². The first-order valence-electron chi connectivity index (χ1n) is 8.28. The molecule has 0 aromatic heterocycles. The minimum atomic E-state index is -1.05. The Hall–Kier alpha value is -1.85. The van der Waals surface area contributed by atoms with Crippen molar-refractivity contribution in [1.29, 1.82) is 0 Å². The Morgan fingerprint density at radius 3 is 2.43 bits per heavy atom. The molecule has 3 heterocycles. The Balaban J connectivity index is 1.73. The van der Waals surface area contributed by atoms with E-state index >= 15 is 0 Å². The van der Waals surface area contributed by atoms with Crippen LogP contribution in [0, 0.1) is 0 Å². The molecule has 5 nitrogen and oxygen atoms in total. The molecule has 2 saturated heterocycles. The Bertz CT molecular complexity index is 658. The van der Waals surface area contributed by atoms with Crippen molar-refractivity contribution in [3.63, 3.8) is 0 Å². The number of piperidine rings is 1. The highest BCUT2D eigenvalue weighted by Gasteiger charge is 2.42. The van der Waals surface area contributed by atoms with Crippen LogP contribution in [0.1, 0.15) is 37.4 Å². The van der Waals surface area contributed by atoms with Crippen LogP contribution >= 0.6 is 0 Å². The molecule has 2 fully saturated rings. The summed E-state index contributed by atoms with van der Waals surface area (Å²) in [6, 6.07) is 9.07. The summed E-state index contributed by atoms with van der Waals surface area (Å²) in [5.74, 6) is -1.05. The van der Waals surface area contributed by atoms with Gasteiger partial charge in [0.25, 0.3) is 0 Å². The van der Waals surface area contributed by atoms with Crippen LogP contribution in [0.2, 0.25) is 0 Å². The van der Waals surface area contributed by atoms with Crippen molar-refractivity contribution in [1.82, 2.24) is 4.90 Å². The van der Waals surface area contributed by atoms with E-state index in [1.807, 2.05) is 24.3 Å². The van der Waals surface area contributed by atoms with Gasteiger partial charge in [-0.1, -0.05) is 18.2 Å². The number of aliphatic carboxylic acids is 1. The molecule has 2 bridgehead atoms. The van der Waals surface area contributed by atoms with Gasteiger partial charge in [-0.05, 0) is 38.8 Å². The highest BCUT2D eigenvalue weighted by atomic mass is 16.4. The number of carbonyl (C=O) groups is 1. The van der Waals surface area contributed by atoms with Crippen LogP contribution in [0.25, 0.3) is 0 Å². The van der Waals surface area contributed by atoms with Gasteiger partial charge in [-0.15, -0.1) is 0 Å². The Kier molecular flexibility index (Phi) is 3.43. The lowest BCUT2D eigenvalue weighted by Crippen LogP contribution is -2.48. The predicted molar refractivity (Wildman–Crippen MR) is 87.2 cm³/mol. The first kappa shape index (κ1) is 14.7. The number of nitrogens with zero attached hydrogens (tertiary/aromatic N) is 2. The molecule has 2 N–H and O–H groups in total. The number of fused-ring (bicyclic) bond motifs is 3. The number of carboxylic acids is 1. The summed E-state index contributed by atoms with van der Waals surface area (Å²) in [7, 11) is 2.20. The molecule has 0 amide bonds. The van der Waals surface area contributed by atoms with Crippen LogP contribution in [-0.4, -0.2) is 46.3 Å². The smallest absolute Gasteiger partial charge is 0.336 e. The molecule has 0 saturated carbocycles. The number of hydrogen-bond donors (Lipinski definition) is 2. The molecule has 23 heavy (non-hydrogen) atoms. The van der Waals surface area contributed by atoms with E-state index in [1.54, 1.807) is 6.20 Å². The second-order valence-electron chi connectivity index (χ2n) is 6.93. The highest BCUT2D eigenvalue weighted by Crippen LogP contribution is 2.42. The summed E-state index contributed by atoms with van der Waals surface area (Å²) in [4.78, 5) is 16.1. The van der Waals surface area contributed by atoms with Crippen molar-refractivity contribution in [3.05, 3.63) is 41.6 Å². The zero-order valence-electron chi connectivity index (χ0n) is 13.2. The summed E-state index contributed by atoms with van der Waals surface area (Å²) in [6.07, 6.45) is 5.14. The summed E-state index contributed by atoms with van der Waals surface area (Å²) in [5.41, 5.74) is 1.70. The van der Waals surface area contributed by atoms with Crippen molar-refractivity contribution < 1.29 is 15.0 Å². The number of anilines is 1. The average molecular weight is 314 g/mol. The number of rotatable bonds is 2. The molecular weight excluding hydrogens is 292 g/mol. The number of para-hydroxylation sites is 1. The Morgan fingerprint density at radius 1 is 1.13 bits per heavy atom.